The number of amides is 2. The standard InChI is InChI=1S/C26H28ClN3O5S/c1-5-34-26(33)21-14-36-25(30-21)17-8-6-16(7-9-17)12-20(24(32)28-4)29-23(31)18-10-11-22(19(27)13-18)35-15(2)3/h6-11,13-15,20H,5,12H2,1-4H3,(H,28,32)(H,29,31)/t20-/m0/s1. The molecule has 0 unspecified atom stereocenters. The van der Waals surface area contributed by atoms with Crippen LogP contribution in [0.5, 0.6) is 5.75 Å². The minimum absolute atomic E-state index is 0.0543. The van der Waals surface area contributed by atoms with Crippen molar-refractivity contribution in [1.29, 1.82) is 0 Å². The van der Waals surface area contributed by atoms with E-state index in [1.54, 1.807) is 24.4 Å². The summed E-state index contributed by atoms with van der Waals surface area (Å²) in [6.07, 6.45) is 0.223. The largest absolute Gasteiger partial charge is 0.489 e. The van der Waals surface area contributed by atoms with Crippen molar-refractivity contribution < 1.29 is 23.9 Å². The molecule has 3 rings (SSSR count). The molecule has 3 aromatic rings. The molecular formula is C26H28ClN3O5S. The van der Waals surface area contributed by atoms with E-state index in [0.29, 0.717) is 21.3 Å². The maximum atomic E-state index is 12.9. The maximum Gasteiger partial charge on any atom is 0.357 e. The van der Waals surface area contributed by atoms with Crippen LogP contribution in [0.15, 0.2) is 47.8 Å². The van der Waals surface area contributed by atoms with Crippen LogP contribution in [0.1, 0.15) is 47.2 Å². The molecule has 190 valence electrons. The first-order valence-corrected chi connectivity index (χ1v) is 12.7. The Bertz CT molecular complexity index is 1230. The maximum absolute atomic E-state index is 12.9. The second-order valence-electron chi connectivity index (χ2n) is 8.11. The van der Waals surface area contributed by atoms with Crippen LogP contribution in [0.2, 0.25) is 5.02 Å². The van der Waals surface area contributed by atoms with Crippen molar-refractivity contribution in [3.63, 3.8) is 0 Å². The van der Waals surface area contributed by atoms with Gasteiger partial charge in [0.2, 0.25) is 5.91 Å². The van der Waals surface area contributed by atoms with Gasteiger partial charge in [0.25, 0.3) is 5.91 Å². The smallest absolute Gasteiger partial charge is 0.357 e. The second-order valence-corrected chi connectivity index (χ2v) is 9.38. The Balaban J connectivity index is 1.70. The Hall–Kier alpha value is -3.43. The summed E-state index contributed by atoms with van der Waals surface area (Å²) in [5, 5.41) is 8.03. The minimum Gasteiger partial charge on any atom is -0.489 e. The van der Waals surface area contributed by atoms with E-state index >= 15 is 0 Å². The molecule has 0 aliphatic rings. The van der Waals surface area contributed by atoms with Gasteiger partial charge in [-0.3, -0.25) is 9.59 Å². The first-order valence-electron chi connectivity index (χ1n) is 11.4. The Kier molecular flexibility index (Phi) is 9.44. The number of ether oxygens (including phenoxy) is 2. The SMILES string of the molecule is CCOC(=O)c1csc(-c2ccc(C[C@H](NC(=O)c3ccc(OC(C)C)c(Cl)c3)C(=O)NC)cc2)n1. The lowest BCUT2D eigenvalue weighted by Gasteiger charge is -2.18. The summed E-state index contributed by atoms with van der Waals surface area (Å²) in [5.74, 6) is -0.713. The summed E-state index contributed by atoms with van der Waals surface area (Å²) in [6, 6.07) is 11.4. The van der Waals surface area contributed by atoms with Gasteiger partial charge in [-0.25, -0.2) is 9.78 Å². The summed E-state index contributed by atoms with van der Waals surface area (Å²) >= 11 is 7.60. The highest BCUT2D eigenvalue weighted by Crippen LogP contribution is 2.27. The van der Waals surface area contributed by atoms with E-state index < -0.39 is 17.9 Å². The van der Waals surface area contributed by atoms with E-state index in [9.17, 15) is 14.4 Å². The highest BCUT2D eigenvalue weighted by molar-refractivity contribution is 7.13. The molecule has 1 heterocycles. The van der Waals surface area contributed by atoms with Crippen molar-refractivity contribution in [3.8, 4) is 16.3 Å². The predicted octanol–water partition coefficient (Wildman–Crippen LogP) is 4.51. The molecule has 0 bridgehead atoms. The molecule has 10 heteroatoms. The van der Waals surface area contributed by atoms with Crippen molar-refractivity contribution in [2.75, 3.05) is 13.7 Å². The summed E-state index contributed by atoms with van der Waals surface area (Å²) < 4.78 is 10.6. The number of likely N-dealkylation sites (N-methyl/N-ethyl adjacent to an activating group) is 1. The van der Waals surface area contributed by atoms with Gasteiger partial charge in [-0.2, -0.15) is 0 Å². The molecule has 1 aromatic heterocycles. The summed E-state index contributed by atoms with van der Waals surface area (Å²) in [6.45, 7) is 5.80. The van der Waals surface area contributed by atoms with E-state index in [4.69, 9.17) is 21.1 Å². The zero-order chi connectivity index (χ0) is 26.2. The van der Waals surface area contributed by atoms with E-state index in [-0.39, 0.29) is 30.7 Å². The molecule has 0 radical (unpaired) electrons. The number of carbonyl (C=O) groups excluding carboxylic acids is 3. The molecule has 0 fully saturated rings. The predicted molar refractivity (Wildman–Crippen MR) is 140 cm³/mol. The fourth-order valence-electron chi connectivity index (χ4n) is 3.34. The zero-order valence-electron chi connectivity index (χ0n) is 20.5. The second kappa shape index (κ2) is 12.5. The third-order valence-corrected chi connectivity index (χ3v) is 6.24. The average Bonchev–Trinajstić information content (AvgIpc) is 3.35. The Morgan fingerprint density at radius 3 is 2.44 bits per heavy atom. The normalized spacial score (nSPS) is 11.6. The third kappa shape index (κ3) is 7.05. The van der Waals surface area contributed by atoms with Gasteiger partial charge in [-0.05, 0) is 44.5 Å². The molecule has 0 saturated heterocycles. The summed E-state index contributed by atoms with van der Waals surface area (Å²) in [4.78, 5) is 41.6. The van der Waals surface area contributed by atoms with Crippen LogP contribution in [0.25, 0.3) is 10.6 Å². The number of carbonyl (C=O) groups is 3. The van der Waals surface area contributed by atoms with Crippen LogP contribution in [-0.2, 0) is 16.0 Å². The molecule has 0 aliphatic carbocycles. The van der Waals surface area contributed by atoms with Gasteiger partial charge in [0.15, 0.2) is 5.69 Å². The monoisotopic (exact) mass is 529 g/mol. The van der Waals surface area contributed by atoms with Crippen LogP contribution in [0.4, 0.5) is 0 Å². The minimum atomic E-state index is -0.797. The lowest BCUT2D eigenvalue weighted by atomic mass is 10.0. The van der Waals surface area contributed by atoms with Crippen molar-refractivity contribution in [1.82, 2.24) is 15.6 Å². The Labute approximate surface area is 219 Å². The molecular weight excluding hydrogens is 502 g/mol. The summed E-state index contributed by atoms with van der Waals surface area (Å²) in [7, 11) is 1.52. The number of halogens is 1. The van der Waals surface area contributed by atoms with Gasteiger partial charge in [-0.15, -0.1) is 11.3 Å². The zero-order valence-corrected chi connectivity index (χ0v) is 22.0. The van der Waals surface area contributed by atoms with Gasteiger partial charge in [0.1, 0.15) is 16.8 Å². The number of hydrogen-bond acceptors (Lipinski definition) is 7. The van der Waals surface area contributed by atoms with Gasteiger partial charge >= 0.3 is 5.97 Å². The van der Waals surface area contributed by atoms with Crippen molar-refractivity contribution in [3.05, 3.63) is 69.7 Å². The highest BCUT2D eigenvalue weighted by atomic mass is 35.5. The van der Waals surface area contributed by atoms with Crippen LogP contribution in [-0.4, -0.2) is 48.6 Å². The van der Waals surface area contributed by atoms with Gasteiger partial charge in [-0.1, -0.05) is 35.9 Å². The molecule has 0 spiro atoms. The molecule has 8 nitrogen and oxygen atoms in total. The molecule has 2 aromatic carbocycles. The number of benzene rings is 2. The Morgan fingerprint density at radius 1 is 1.11 bits per heavy atom. The number of nitrogens with one attached hydrogen (secondary N) is 2. The van der Waals surface area contributed by atoms with E-state index in [1.165, 1.54) is 24.5 Å². The van der Waals surface area contributed by atoms with Crippen LogP contribution in [0, 0.1) is 0 Å². The van der Waals surface area contributed by atoms with Crippen molar-refractivity contribution >= 4 is 40.7 Å². The van der Waals surface area contributed by atoms with Crippen LogP contribution >= 0.6 is 22.9 Å². The van der Waals surface area contributed by atoms with Gasteiger partial charge in [0.05, 0.1) is 17.7 Å². The highest BCUT2D eigenvalue weighted by Gasteiger charge is 2.22. The molecule has 2 N–H and O–H groups in total. The lowest BCUT2D eigenvalue weighted by Crippen LogP contribution is -2.47. The van der Waals surface area contributed by atoms with Crippen LogP contribution in [0.3, 0.4) is 0 Å². The molecule has 0 saturated carbocycles. The fourth-order valence-corrected chi connectivity index (χ4v) is 4.36. The molecule has 0 aliphatic heterocycles. The molecule has 36 heavy (non-hydrogen) atoms. The first kappa shape index (κ1) is 27.2. The number of rotatable bonds is 10. The average molecular weight is 530 g/mol. The van der Waals surface area contributed by atoms with Crippen LogP contribution < -0.4 is 15.4 Å². The summed E-state index contributed by atoms with van der Waals surface area (Å²) in [5.41, 5.74) is 2.26. The topological polar surface area (TPSA) is 107 Å². The van der Waals surface area contributed by atoms with Crippen molar-refractivity contribution in [2.45, 2.75) is 39.3 Å². The number of aromatic nitrogens is 1. The Morgan fingerprint density at radius 2 is 1.83 bits per heavy atom. The van der Waals surface area contributed by atoms with Gasteiger partial charge < -0.3 is 20.1 Å². The van der Waals surface area contributed by atoms with E-state index in [1.807, 2.05) is 38.1 Å². The molecule has 1 atom stereocenters. The lowest BCUT2D eigenvalue weighted by molar-refractivity contribution is -0.122. The van der Waals surface area contributed by atoms with E-state index in [2.05, 4.69) is 15.6 Å². The third-order valence-electron chi connectivity index (χ3n) is 5.05. The quantitative estimate of drug-likeness (QED) is 0.374. The number of hydrogen-bond donors (Lipinski definition) is 2. The van der Waals surface area contributed by atoms with E-state index in [0.717, 1.165) is 11.1 Å². The number of thiazole rings is 1. The molecule has 2 amide bonds. The first-order chi connectivity index (χ1) is 17.2. The van der Waals surface area contributed by atoms with Gasteiger partial charge in [0, 0.05) is 30.0 Å². The fraction of sp³-hybridized carbons (Fsp3) is 0.308. The number of esters is 1. The number of nitrogens with zero attached hydrogens (tertiary/aromatic N) is 1. The van der Waals surface area contributed by atoms with Crippen molar-refractivity contribution in [2.24, 2.45) is 0 Å².